The Labute approximate surface area is 230 Å². The summed E-state index contributed by atoms with van der Waals surface area (Å²) < 4.78 is 32.6. The van der Waals surface area contributed by atoms with Gasteiger partial charge in [-0.25, -0.2) is 0 Å². The van der Waals surface area contributed by atoms with Crippen molar-refractivity contribution in [1.29, 1.82) is 0 Å². The number of hydrogen-bond acceptors (Lipinski definition) is 2. The minimum Gasteiger partial charge on any atom is -0.309 e. The maximum Gasteiger partial charge on any atom is 0.240 e. The van der Waals surface area contributed by atoms with Gasteiger partial charge in [-0.3, -0.25) is 14.4 Å². The lowest BCUT2D eigenvalue weighted by atomic mass is 9.98. The number of rotatable bonds is 7. The Morgan fingerprint density at radius 1 is 0.590 bits per heavy atom. The van der Waals surface area contributed by atoms with E-state index in [1.165, 1.54) is 0 Å². The molecule has 196 valence electrons. The van der Waals surface area contributed by atoms with Crippen molar-refractivity contribution < 1.29 is 9.13 Å². The zero-order chi connectivity index (χ0) is 26.9. The van der Waals surface area contributed by atoms with Crippen LogP contribution in [0.2, 0.25) is 0 Å². The molecule has 0 saturated carbocycles. The summed E-state index contributed by atoms with van der Waals surface area (Å²) in [4.78, 5) is 0. The zero-order valence-corrected chi connectivity index (χ0v) is 23.8. The first kappa shape index (κ1) is 25.7. The second kappa shape index (κ2) is 10.5. The van der Waals surface area contributed by atoms with Gasteiger partial charge in [-0.2, -0.15) is 0 Å². The second-order valence-corrected chi connectivity index (χ2v) is 15.2. The second-order valence-electron chi connectivity index (χ2n) is 10.1. The Morgan fingerprint density at radius 2 is 1.00 bits per heavy atom. The van der Waals surface area contributed by atoms with E-state index < -0.39 is 14.4 Å². The average Bonchev–Trinajstić information content (AvgIpc) is 3.29. The van der Waals surface area contributed by atoms with Crippen molar-refractivity contribution in [2.24, 2.45) is 0 Å². The third-order valence-electron chi connectivity index (χ3n) is 7.71. The van der Waals surface area contributed by atoms with Gasteiger partial charge in [0.15, 0.2) is 7.14 Å². The number of benzene rings is 4. The van der Waals surface area contributed by atoms with Crippen LogP contribution in [0.5, 0.6) is 0 Å². The molecule has 1 heterocycles. The smallest absolute Gasteiger partial charge is 0.240 e. The van der Waals surface area contributed by atoms with Gasteiger partial charge in [-0.15, -0.1) is 0 Å². The van der Waals surface area contributed by atoms with E-state index >= 15 is 9.13 Å². The summed E-state index contributed by atoms with van der Waals surface area (Å²) in [6.07, 6.45) is 3.78. The molecule has 4 nitrogen and oxygen atoms in total. The number of fused-ring (bicyclic) bond motifs is 1. The molecule has 0 amide bonds. The summed E-state index contributed by atoms with van der Waals surface area (Å²) >= 11 is 0. The summed E-state index contributed by atoms with van der Waals surface area (Å²) in [6.45, 7) is 2.03. The molecule has 1 N–H and O–H groups in total. The predicted molar refractivity (Wildman–Crippen MR) is 164 cm³/mol. The molecule has 39 heavy (non-hydrogen) atoms. The Balaban J connectivity index is 1.61. The van der Waals surface area contributed by atoms with E-state index in [1.54, 1.807) is 0 Å². The Hall–Kier alpha value is -3.58. The molecule has 0 aliphatic heterocycles. The average molecular weight is 551 g/mol. The predicted octanol–water partition coefficient (Wildman–Crippen LogP) is 5.79. The van der Waals surface area contributed by atoms with Crippen molar-refractivity contribution in [3.63, 3.8) is 0 Å². The molecule has 6 heteroatoms. The van der Waals surface area contributed by atoms with Gasteiger partial charge in [-0.1, -0.05) is 97.1 Å². The van der Waals surface area contributed by atoms with E-state index in [2.05, 4.69) is 5.20 Å². The number of nitrogens with zero attached hydrogens (tertiary/aromatic N) is 1. The molecule has 1 aliphatic rings. The van der Waals surface area contributed by atoms with Crippen molar-refractivity contribution in [3.05, 3.63) is 138 Å². The molecule has 0 fully saturated rings. The van der Waals surface area contributed by atoms with Crippen LogP contribution in [0.15, 0.2) is 121 Å². The van der Waals surface area contributed by atoms with Crippen molar-refractivity contribution in [3.8, 4) is 0 Å². The minimum absolute atomic E-state index is 0.740. The van der Waals surface area contributed by atoms with Crippen LogP contribution in [0.25, 0.3) is 0 Å². The Morgan fingerprint density at radius 3 is 1.46 bits per heavy atom. The van der Waals surface area contributed by atoms with Crippen LogP contribution in [-0.4, -0.2) is 4.68 Å². The van der Waals surface area contributed by atoms with Crippen LogP contribution < -0.4 is 31.7 Å². The summed E-state index contributed by atoms with van der Waals surface area (Å²) in [6, 6.07) is 38.9. The molecule has 0 unspecified atom stereocenters. The van der Waals surface area contributed by atoms with E-state index in [0.29, 0.717) is 0 Å². The van der Waals surface area contributed by atoms with Crippen LogP contribution in [0.4, 0.5) is 0 Å². The normalized spacial score (nSPS) is 13.6. The van der Waals surface area contributed by atoms with Crippen LogP contribution in [0.1, 0.15) is 29.8 Å². The zero-order valence-electron chi connectivity index (χ0n) is 22.0. The third-order valence-corrected chi connectivity index (χ3v) is 13.5. The Bertz CT molecular complexity index is 1600. The molecule has 0 saturated heterocycles. The fourth-order valence-electron chi connectivity index (χ4n) is 5.84. The summed E-state index contributed by atoms with van der Waals surface area (Å²) in [7, 11) is -6.49. The number of hydrogen-bond donors (Lipinski definition) is 1. The molecular weight excluding hydrogens is 518 g/mol. The van der Waals surface area contributed by atoms with Crippen LogP contribution in [-0.2, 0) is 22.0 Å². The lowest BCUT2D eigenvalue weighted by Crippen LogP contribution is -2.30. The van der Waals surface area contributed by atoms with Gasteiger partial charge >= 0.3 is 0 Å². The van der Waals surface area contributed by atoms with E-state index in [4.69, 9.17) is 0 Å². The third kappa shape index (κ3) is 4.42. The first-order valence-electron chi connectivity index (χ1n) is 13.5. The van der Waals surface area contributed by atoms with Crippen molar-refractivity contribution in [2.75, 3.05) is 5.20 Å². The molecular formula is C33H32N2O2P2. The standard InChI is InChI=1S/C33H32N2O2P2/c1-26-33(38(36,27-16-6-2-7-17-27)28-18-8-3-9-19-28)31-24-14-15-25-32(31)35(26)34-39(37,29-20-10-4-11-21-29)30-22-12-5-13-23-30/h2-13,16-23H,14-15,24-25H2,1H3,(H,34,37). The van der Waals surface area contributed by atoms with Crippen molar-refractivity contribution in [2.45, 2.75) is 32.6 Å². The first-order valence-corrected chi connectivity index (χ1v) is 16.9. The van der Waals surface area contributed by atoms with Crippen molar-refractivity contribution >= 4 is 41.0 Å². The first-order chi connectivity index (χ1) is 19.0. The van der Waals surface area contributed by atoms with Gasteiger partial charge < -0.3 is 4.57 Å². The maximum atomic E-state index is 15.5. The highest BCUT2D eigenvalue weighted by atomic mass is 31.2. The molecule has 4 aromatic carbocycles. The van der Waals surface area contributed by atoms with Crippen molar-refractivity contribution in [1.82, 2.24) is 4.68 Å². The van der Waals surface area contributed by atoms with Crippen LogP contribution in [0, 0.1) is 6.92 Å². The minimum atomic E-state index is -3.28. The van der Waals surface area contributed by atoms with Gasteiger partial charge in [0.2, 0.25) is 7.29 Å². The highest BCUT2D eigenvalue weighted by Crippen LogP contribution is 2.48. The van der Waals surface area contributed by atoms with E-state index in [-0.39, 0.29) is 0 Å². The van der Waals surface area contributed by atoms with Gasteiger partial charge in [0.25, 0.3) is 0 Å². The van der Waals surface area contributed by atoms with Gasteiger partial charge in [0.1, 0.15) is 0 Å². The molecule has 0 bridgehead atoms. The lowest BCUT2D eigenvalue weighted by molar-refractivity contribution is 0.584. The van der Waals surface area contributed by atoms with Gasteiger partial charge in [0.05, 0.1) is 0 Å². The molecule has 6 rings (SSSR count). The molecule has 0 atom stereocenters. The summed E-state index contributed by atoms with van der Waals surface area (Å²) in [5.74, 6) is 0. The molecule has 1 aliphatic carbocycles. The number of aromatic nitrogens is 1. The highest BCUT2D eigenvalue weighted by Gasteiger charge is 2.39. The topological polar surface area (TPSA) is 51.1 Å². The fraction of sp³-hybridized carbons (Fsp3) is 0.152. The Kier molecular flexibility index (Phi) is 6.94. The molecule has 0 radical (unpaired) electrons. The largest absolute Gasteiger partial charge is 0.309 e. The van der Waals surface area contributed by atoms with E-state index in [0.717, 1.165) is 69.2 Å². The van der Waals surface area contributed by atoms with E-state index in [1.807, 2.05) is 133 Å². The molecule has 0 spiro atoms. The SMILES string of the molecule is Cc1c(P(=O)(c2ccccc2)c2ccccc2)c2c(n1NP(=O)(c1ccccc1)c1ccccc1)CCCC2. The fourth-order valence-corrected chi connectivity index (χ4v) is 11.3. The van der Waals surface area contributed by atoms with E-state index in [9.17, 15) is 0 Å². The van der Waals surface area contributed by atoms with Crippen LogP contribution in [0.3, 0.4) is 0 Å². The maximum absolute atomic E-state index is 15.5. The highest BCUT2D eigenvalue weighted by molar-refractivity contribution is 7.85. The van der Waals surface area contributed by atoms with Crippen LogP contribution >= 0.6 is 14.4 Å². The summed E-state index contributed by atoms with van der Waals surface area (Å²) in [5.41, 5.74) is 3.09. The quantitative estimate of drug-likeness (QED) is 0.261. The summed E-state index contributed by atoms with van der Waals surface area (Å²) in [5, 5.41) is 7.53. The number of nitrogens with one attached hydrogen (secondary N) is 1. The lowest BCUT2D eigenvalue weighted by Gasteiger charge is -2.26. The molecule has 1 aromatic heterocycles. The monoisotopic (exact) mass is 550 g/mol. The molecule has 5 aromatic rings. The van der Waals surface area contributed by atoms with Gasteiger partial charge in [0, 0.05) is 37.9 Å². The van der Waals surface area contributed by atoms with Gasteiger partial charge in [-0.05, 0) is 62.4 Å².